The summed E-state index contributed by atoms with van der Waals surface area (Å²) in [6, 6.07) is 9.45. The van der Waals surface area contributed by atoms with Gasteiger partial charge in [-0.2, -0.15) is 5.10 Å². The molecule has 0 spiro atoms. The van der Waals surface area contributed by atoms with Crippen LogP contribution in [0.4, 0.5) is 4.39 Å². The van der Waals surface area contributed by atoms with E-state index in [-0.39, 0.29) is 17.8 Å². The molecule has 3 heterocycles. The lowest BCUT2D eigenvalue weighted by molar-refractivity contribution is 0.0730. The predicted molar refractivity (Wildman–Crippen MR) is 85.9 cm³/mol. The third kappa shape index (κ3) is 2.14. The largest absolute Gasteiger partial charge is 0.467 e. The van der Waals surface area contributed by atoms with Crippen molar-refractivity contribution >= 4 is 5.91 Å². The Morgan fingerprint density at radius 2 is 2.08 bits per heavy atom. The lowest BCUT2D eigenvalue weighted by Gasteiger charge is -2.23. The van der Waals surface area contributed by atoms with Crippen molar-refractivity contribution in [3.8, 4) is 11.3 Å². The van der Waals surface area contributed by atoms with Gasteiger partial charge in [-0.25, -0.2) is 4.39 Å². The number of aromatic nitrogens is 2. The summed E-state index contributed by atoms with van der Waals surface area (Å²) in [5.74, 6) is 0.298. The van der Waals surface area contributed by atoms with Crippen LogP contribution in [0.15, 0.2) is 47.1 Å². The molecule has 4 rings (SSSR count). The van der Waals surface area contributed by atoms with Crippen LogP contribution in [0.25, 0.3) is 11.3 Å². The lowest BCUT2D eigenvalue weighted by atomic mass is 10.00. The van der Waals surface area contributed by atoms with E-state index in [2.05, 4.69) is 10.2 Å². The SMILES string of the molecule is CCCN1C(=O)c2[nH]nc(-c3ccc(F)cc3)c2[C@@H]1c1ccco1. The van der Waals surface area contributed by atoms with E-state index in [0.717, 1.165) is 17.5 Å². The molecule has 122 valence electrons. The monoisotopic (exact) mass is 325 g/mol. The molecule has 6 heteroatoms. The maximum absolute atomic E-state index is 13.2. The number of nitrogens with zero attached hydrogens (tertiary/aromatic N) is 2. The fraction of sp³-hybridized carbons (Fsp3) is 0.222. The fourth-order valence-corrected chi connectivity index (χ4v) is 3.24. The molecule has 24 heavy (non-hydrogen) atoms. The minimum absolute atomic E-state index is 0.0888. The highest BCUT2D eigenvalue weighted by Gasteiger charge is 2.43. The maximum Gasteiger partial charge on any atom is 0.273 e. The van der Waals surface area contributed by atoms with Gasteiger partial charge in [0.2, 0.25) is 0 Å². The summed E-state index contributed by atoms with van der Waals surface area (Å²) >= 11 is 0. The number of carbonyl (C=O) groups is 1. The van der Waals surface area contributed by atoms with Crippen LogP contribution in [0, 0.1) is 5.82 Å². The van der Waals surface area contributed by atoms with E-state index < -0.39 is 0 Å². The zero-order valence-electron chi connectivity index (χ0n) is 13.1. The van der Waals surface area contributed by atoms with Gasteiger partial charge in [0.15, 0.2) is 0 Å². The Labute approximate surface area is 138 Å². The summed E-state index contributed by atoms with van der Waals surface area (Å²) in [4.78, 5) is 14.5. The van der Waals surface area contributed by atoms with Crippen LogP contribution in [-0.2, 0) is 0 Å². The molecule has 0 radical (unpaired) electrons. The number of hydrogen-bond donors (Lipinski definition) is 1. The Hall–Kier alpha value is -2.89. The molecule has 0 saturated heterocycles. The average molecular weight is 325 g/mol. The number of amides is 1. The normalized spacial score (nSPS) is 16.7. The van der Waals surface area contributed by atoms with Crippen LogP contribution in [0.1, 0.15) is 41.2 Å². The van der Waals surface area contributed by atoms with Crippen LogP contribution in [0.5, 0.6) is 0 Å². The summed E-state index contributed by atoms with van der Waals surface area (Å²) in [6.45, 7) is 2.65. The predicted octanol–water partition coefficient (Wildman–Crippen LogP) is 3.76. The number of H-pyrrole nitrogens is 1. The maximum atomic E-state index is 13.2. The van der Waals surface area contributed by atoms with Crippen molar-refractivity contribution in [2.75, 3.05) is 6.54 Å². The van der Waals surface area contributed by atoms with E-state index in [0.29, 0.717) is 23.7 Å². The molecule has 0 fully saturated rings. The van der Waals surface area contributed by atoms with E-state index >= 15 is 0 Å². The van der Waals surface area contributed by atoms with Crippen molar-refractivity contribution in [1.82, 2.24) is 15.1 Å². The number of halogens is 1. The second kappa shape index (κ2) is 5.63. The Balaban J connectivity index is 1.87. The first-order valence-electron chi connectivity index (χ1n) is 7.89. The highest BCUT2D eigenvalue weighted by molar-refractivity contribution is 6.00. The topological polar surface area (TPSA) is 62.1 Å². The van der Waals surface area contributed by atoms with Crippen LogP contribution in [0.3, 0.4) is 0 Å². The van der Waals surface area contributed by atoms with Gasteiger partial charge in [0.1, 0.15) is 23.3 Å². The number of benzene rings is 1. The Bertz CT molecular complexity index is 868. The van der Waals surface area contributed by atoms with Crippen molar-refractivity contribution in [3.63, 3.8) is 0 Å². The molecule has 5 nitrogen and oxygen atoms in total. The third-order valence-corrected chi connectivity index (χ3v) is 4.26. The molecule has 1 atom stereocenters. The second-order valence-electron chi connectivity index (χ2n) is 5.78. The van der Waals surface area contributed by atoms with Crippen molar-refractivity contribution in [2.24, 2.45) is 0 Å². The molecule has 0 unspecified atom stereocenters. The van der Waals surface area contributed by atoms with Gasteiger partial charge >= 0.3 is 0 Å². The van der Waals surface area contributed by atoms with Crippen LogP contribution >= 0.6 is 0 Å². The van der Waals surface area contributed by atoms with E-state index in [1.54, 1.807) is 29.4 Å². The molecular weight excluding hydrogens is 309 g/mol. The van der Waals surface area contributed by atoms with Crippen molar-refractivity contribution in [1.29, 1.82) is 0 Å². The quantitative estimate of drug-likeness (QED) is 0.794. The van der Waals surface area contributed by atoms with E-state index in [1.165, 1.54) is 12.1 Å². The first-order chi connectivity index (χ1) is 11.7. The van der Waals surface area contributed by atoms with Crippen LogP contribution in [0.2, 0.25) is 0 Å². The Kier molecular flexibility index (Phi) is 3.45. The summed E-state index contributed by atoms with van der Waals surface area (Å²) in [7, 11) is 0. The smallest absolute Gasteiger partial charge is 0.273 e. The van der Waals surface area contributed by atoms with E-state index in [9.17, 15) is 9.18 Å². The number of aromatic amines is 1. The summed E-state index contributed by atoms with van der Waals surface area (Å²) < 4.78 is 18.8. The highest BCUT2D eigenvalue weighted by atomic mass is 19.1. The van der Waals surface area contributed by atoms with Gasteiger partial charge in [0.25, 0.3) is 5.91 Å². The van der Waals surface area contributed by atoms with Gasteiger partial charge in [0.05, 0.1) is 12.0 Å². The number of hydrogen-bond acceptors (Lipinski definition) is 3. The first-order valence-corrected chi connectivity index (χ1v) is 7.89. The molecule has 1 aromatic carbocycles. The third-order valence-electron chi connectivity index (χ3n) is 4.26. The Morgan fingerprint density at radius 1 is 1.29 bits per heavy atom. The number of fused-ring (bicyclic) bond motifs is 1. The fourth-order valence-electron chi connectivity index (χ4n) is 3.24. The van der Waals surface area contributed by atoms with Gasteiger partial charge < -0.3 is 9.32 Å². The summed E-state index contributed by atoms with van der Waals surface area (Å²) in [6.07, 6.45) is 2.44. The molecule has 0 saturated carbocycles. The number of carbonyl (C=O) groups excluding carboxylic acids is 1. The molecular formula is C18H16FN3O2. The second-order valence-corrected chi connectivity index (χ2v) is 5.78. The zero-order valence-corrected chi connectivity index (χ0v) is 13.1. The van der Waals surface area contributed by atoms with Crippen LogP contribution in [-0.4, -0.2) is 27.5 Å². The molecule has 3 aromatic rings. The molecule has 0 aliphatic carbocycles. The first kappa shape index (κ1) is 14.7. The van der Waals surface area contributed by atoms with Crippen LogP contribution < -0.4 is 0 Å². The zero-order chi connectivity index (χ0) is 16.7. The van der Waals surface area contributed by atoms with E-state index in [4.69, 9.17) is 4.42 Å². The Morgan fingerprint density at radius 3 is 2.75 bits per heavy atom. The molecule has 2 aromatic heterocycles. The van der Waals surface area contributed by atoms with Gasteiger partial charge in [-0.15, -0.1) is 0 Å². The minimum Gasteiger partial charge on any atom is -0.467 e. The molecule has 0 bridgehead atoms. The average Bonchev–Trinajstić information content (AvgIpc) is 3.29. The van der Waals surface area contributed by atoms with Gasteiger partial charge in [-0.05, 0) is 42.8 Å². The number of furan rings is 1. The van der Waals surface area contributed by atoms with Gasteiger partial charge in [0, 0.05) is 17.7 Å². The van der Waals surface area contributed by atoms with Crippen molar-refractivity contribution in [3.05, 3.63) is 65.5 Å². The highest BCUT2D eigenvalue weighted by Crippen LogP contribution is 2.42. The minimum atomic E-state index is -0.318. The molecule has 1 aliphatic heterocycles. The molecule has 1 aliphatic rings. The number of rotatable bonds is 4. The molecule has 1 amide bonds. The lowest BCUT2D eigenvalue weighted by Crippen LogP contribution is -2.30. The molecule has 1 N–H and O–H groups in total. The summed E-state index contributed by atoms with van der Waals surface area (Å²) in [5.41, 5.74) is 2.68. The van der Waals surface area contributed by atoms with Gasteiger partial charge in [-0.3, -0.25) is 9.89 Å². The summed E-state index contributed by atoms with van der Waals surface area (Å²) in [5, 5.41) is 7.16. The van der Waals surface area contributed by atoms with Crippen molar-refractivity contribution < 1.29 is 13.6 Å². The van der Waals surface area contributed by atoms with Gasteiger partial charge in [-0.1, -0.05) is 6.92 Å². The standard InChI is InChI=1S/C18H16FN3O2/c1-2-9-22-17(13-4-3-10-24-13)14-15(20-21-16(14)18(22)23)11-5-7-12(19)8-6-11/h3-8,10,17H,2,9H2,1H3,(H,20,21)/t17-/m0/s1. The number of nitrogens with one attached hydrogen (secondary N) is 1. The van der Waals surface area contributed by atoms with Crippen molar-refractivity contribution in [2.45, 2.75) is 19.4 Å². The van der Waals surface area contributed by atoms with E-state index in [1.807, 2.05) is 13.0 Å².